The van der Waals surface area contributed by atoms with Gasteiger partial charge in [-0.2, -0.15) is 0 Å². The largest absolute Gasteiger partial charge is 0.332 e. The molecule has 1 atom stereocenters. The Morgan fingerprint density at radius 3 is 2.25 bits per heavy atom. The Morgan fingerprint density at radius 1 is 1.33 bits per heavy atom. The molecule has 0 saturated carbocycles. The summed E-state index contributed by atoms with van der Waals surface area (Å²) in [6.45, 7) is 6.31. The first-order valence-corrected chi connectivity index (χ1v) is 6.46. The summed E-state index contributed by atoms with van der Waals surface area (Å²) >= 11 is 0. The van der Waals surface area contributed by atoms with Crippen LogP contribution in [0.2, 0.25) is 0 Å². The van der Waals surface area contributed by atoms with Crippen molar-refractivity contribution in [3.05, 3.63) is 0 Å². The topological polar surface area (TPSA) is 38.6 Å². The highest BCUT2D eigenvalue weighted by atomic mass is 32.2. The van der Waals surface area contributed by atoms with Crippen molar-refractivity contribution in [1.29, 1.82) is 0 Å². The van der Waals surface area contributed by atoms with Crippen LogP contribution in [-0.2, 0) is 9.84 Å². The van der Waals surface area contributed by atoms with Crippen LogP contribution in [0.1, 0.15) is 20.3 Å². The number of rotatable bonds is 3. The molecule has 0 bridgehead atoms. The van der Waals surface area contributed by atoms with Crippen molar-refractivity contribution >= 4 is 9.84 Å². The molecule has 0 spiro atoms. The normalized spacial score (nSPS) is 28.1. The van der Waals surface area contributed by atoms with E-state index in [1.807, 2.05) is 0 Å². The maximum atomic E-state index is 11.2. The van der Waals surface area contributed by atoms with Gasteiger partial charge in [0, 0.05) is 6.42 Å². The second-order valence-electron chi connectivity index (χ2n) is 3.47. The molecule has 0 radical (unpaired) electrons. The molecule has 12 heavy (non-hydrogen) atoms. The number of quaternary nitrogens is 1. The zero-order chi connectivity index (χ0) is 9.19. The first-order valence-electron chi connectivity index (χ1n) is 4.64. The fourth-order valence-corrected chi connectivity index (χ4v) is 3.77. The van der Waals surface area contributed by atoms with Crippen LogP contribution in [-0.4, -0.2) is 39.1 Å². The lowest BCUT2D eigenvalue weighted by molar-refractivity contribution is -0.918. The van der Waals surface area contributed by atoms with Crippen molar-refractivity contribution in [2.45, 2.75) is 26.3 Å². The minimum Gasteiger partial charge on any atom is -0.332 e. The lowest BCUT2D eigenvalue weighted by Crippen LogP contribution is -3.15. The van der Waals surface area contributed by atoms with Crippen molar-refractivity contribution in [2.75, 3.05) is 24.6 Å². The van der Waals surface area contributed by atoms with E-state index in [4.69, 9.17) is 0 Å². The maximum absolute atomic E-state index is 11.2. The fraction of sp³-hybridized carbons (Fsp3) is 1.00. The molecule has 1 rings (SSSR count). The average Bonchev–Trinajstić information content (AvgIpc) is 2.34. The second kappa shape index (κ2) is 3.75. The minimum absolute atomic E-state index is 0.366. The molecule has 0 aromatic rings. The van der Waals surface area contributed by atoms with E-state index in [9.17, 15) is 8.42 Å². The Hall–Kier alpha value is -0.0900. The van der Waals surface area contributed by atoms with Gasteiger partial charge in [0.25, 0.3) is 0 Å². The van der Waals surface area contributed by atoms with E-state index in [1.165, 1.54) is 4.90 Å². The van der Waals surface area contributed by atoms with E-state index >= 15 is 0 Å². The summed E-state index contributed by atoms with van der Waals surface area (Å²) < 4.78 is 22.3. The van der Waals surface area contributed by atoms with E-state index in [2.05, 4.69) is 13.8 Å². The van der Waals surface area contributed by atoms with E-state index < -0.39 is 9.84 Å². The van der Waals surface area contributed by atoms with Gasteiger partial charge in [-0.15, -0.1) is 0 Å². The first kappa shape index (κ1) is 9.99. The zero-order valence-electron chi connectivity index (χ0n) is 7.84. The highest BCUT2D eigenvalue weighted by molar-refractivity contribution is 7.91. The third-order valence-corrected chi connectivity index (χ3v) is 4.49. The molecule has 1 aliphatic rings. The van der Waals surface area contributed by atoms with Gasteiger partial charge in [-0.25, -0.2) is 8.42 Å². The zero-order valence-corrected chi connectivity index (χ0v) is 8.65. The molecular formula is C8H18NO2S+. The third kappa shape index (κ3) is 2.20. The standard InChI is InChI=1S/C8H17NO2S/c1-3-9(4-2)8-5-6-12(10,11)7-8/h8H,3-7H2,1-2H3/p+1/t8-/m1/s1. The molecule has 1 aliphatic heterocycles. The lowest BCUT2D eigenvalue weighted by Gasteiger charge is -2.21. The number of nitrogens with one attached hydrogen (secondary N) is 1. The fourth-order valence-electron chi connectivity index (χ4n) is 1.94. The predicted molar refractivity (Wildman–Crippen MR) is 49.1 cm³/mol. The van der Waals surface area contributed by atoms with Gasteiger partial charge in [0.05, 0.1) is 18.8 Å². The third-order valence-electron chi connectivity index (χ3n) is 2.72. The Balaban J connectivity index is 2.56. The summed E-state index contributed by atoms with van der Waals surface area (Å²) in [7, 11) is -2.68. The van der Waals surface area contributed by atoms with Crippen molar-refractivity contribution < 1.29 is 13.3 Å². The van der Waals surface area contributed by atoms with Gasteiger partial charge in [0.1, 0.15) is 11.8 Å². The average molecular weight is 192 g/mol. The molecule has 4 heteroatoms. The Labute approximate surface area is 74.7 Å². The smallest absolute Gasteiger partial charge is 0.156 e. The molecule has 0 aromatic carbocycles. The van der Waals surface area contributed by atoms with E-state index in [0.29, 0.717) is 17.5 Å². The van der Waals surface area contributed by atoms with Crippen molar-refractivity contribution in [1.82, 2.24) is 0 Å². The molecule has 3 nitrogen and oxygen atoms in total. The number of sulfone groups is 1. The molecule has 0 amide bonds. The van der Waals surface area contributed by atoms with E-state index in [-0.39, 0.29) is 0 Å². The monoisotopic (exact) mass is 192 g/mol. The SMILES string of the molecule is CC[NH+](CC)[C@@H]1CCS(=O)(=O)C1. The number of hydrogen-bond donors (Lipinski definition) is 1. The maximum Gasteiger partial charge on any atom is 0.156 e. The quantitative estimate of drug-likeness (QED) is 0.629. The minimum atomic E-state index is -2.68. The van der Waals surface area contributed by atoms with Crippen LogP contribution < -0.4 is 4.90 Å². The summed E-state index contributed by atoms with van der Waals surface area (Å²) in [5.41, 5.74) is 0. The van der Waals surface area contributed by atoms with Gasteiger partial charge in [-0.3, -0.25) is 0 Å². The van der Waals surface area contributed by atoms with Gasteiger partial charge in [0.2, 0.25) is 0 Å². The highest BCUT2D eigenvalue weighted by Gasteiger charge is 2.33. The Morgan fingerprint density at radius 2 is 1.92 bits per heavy atom. The molecule has 1 heterocycles. The summed E-state index contributed by atoms with van der Waals surface area (Å²) in [5, 5.41) is 0. The van der Waals surface area contributed by atoms with Crippen molar-refractivity contribution in [3.8, 4) is 0 Å². The second-order valence-corrected chi connectivity index (χ2v) is 5.69. The van der Waals surface area contributed by atoms with Gasteiger partial charge in [-0.05, 0) is 13.8 Å². The van der Waals surface area contributed by atoms with Gasteiger partial charge in [-0.1, -0.05) is 0 Å². The van der Waals surface area contributed by atoms with Crippen LogP contribution in [0.3, 0.4) is 0 Å². The first-order chi connectivity index (χ1) is 5.59. The van der Waals surface area contributed by atoms with Gasteiger partial charge >= 0.3 is 0 Å². The molecule has 1 saturated heterocycles. The lowest BCUT2D eigenvalue weighted by atomic mass is 10.2. The highest BCUT2D eigenvalue weighted by Crippen LogP contribution is 2.08. The molecule has 72 valence electrons. The van der Waals surface area contributed by atoms with Crippen LogP contribution in [0, 0.1) is 0 Å². The molecule has 1 fully saturated rings. The summed E-state index contributed by atoms with van der Waals surface area (Å²) in [4.78, 5) is 1.43. The molecule has 0 unspecified atom stereocenters. The summed E-state index contributed by atoms with van der Waals surface area (Å²) in [6.07, 6.45) is 0.860. The van der Waals surface area contributed by atoms with Gasteiger partial charge in [0.15, 0.2) is 9.84 Å². The molecule has 1 N–H and O–H groups in total. The van der Waals surface area contributed by atoms with Crippen LogP contribution in [0.5, 0.6) is 0 Å². The van der Waals surface area contributed by atoms with Crippen LogP contribution in [0.15, 0.2) is 0 Å². The van der Waals surface area contributed by atoms with Crippen molar-refractivity contribution in [3.63, 3.8) is 0 Å². The molecular weight excluding hydrogens is 174 g/mol. The van der Waals surface area contributed by atoms with Crippen molar-refractivity contribution in [2.24, 2.45) is 0 Å². The predicted octanol–water partition coefficient (Wildman–Crippen LogP) is -0.902. The Kier molecular flexibility index (Phi) is 3.12. The van der Waals surface area contributed by atoms with Crippen LogP contribution >= 0.6 is 0 Å². The number of hydrogen-bond acceptors (Lipinski definition) is 2. The van der Waals surface area contributed by atoms with Crippen LogP contribution in [0.4, 0.5) is 0 Å². The Bertz CT molecular complexity index is 231. The van der Waals surface area contributed by atoms with Crippen LogP contribution in [0.25, 0.3) is 0 Å². The summed E-state index contributed by atoms with van der Waals surface area (Å²) in [6, 6.07) is 0.366. The summed E-state index contributed by atoms with van der Waals surface area (Å²) in [5.74, 6) is 0.811. The molecule has 0 aliphatic carbocycles. The van der Waals surface area contributed by atoms with Gasteiger partial charge < -0.3 is 4.90 Å². The van der Waals surface area contributed by atoms with E-state index in [0.717, 1.165) is 19.5 Å². The molecule has 0 aromatic heterocycles. The van der Waals surface area contributed by atoms with E-state index in [1.54, 1.807) is 0 Å².